The molecule has 0 spiro atoms. The molecule has 3 aromatic heterocycles. The largest absolute Gasteiger partial charge is 0.454 e. The molecule has 0 fully saturated rings. The average molecular weight is 413 g/mol. The molecule has 1 N–H and O–H groups in total. The van der Waals surface area contributed by atoms with Crippen molar-refractivity contribution in [2.45, 2.75) is 26.8 Å². The van der Waals surface area contributed by atoms with Crippen LogP contribution < -0.4 is 14.8 Å². The monoisotopic (exact) mass is 413 g/mol. The number of rotatable bonds is 5. The molecule has 9 nitrogen and oxygen atoms in total. The van der Waals surface area contributed by atoms with Gasteiger partial charge in [-0.1, -0.05) is 0 Å². The molecule has 0 saturated carbocycles. The van der Waals surface area contributed by atoms with Crippen LogP contribution in [-0.2, 0) is 6.54 Å². The highest BCUT2D eigenvalue weighted by Crippen LogP contribution is 2.37. The van der Waals surface area contributed by atoms with Crippen LogP contribution in [0.3, 0.4) is 0 Å². The van der Waals surface area contributed by atoms with E-state index in [1.165, 1.54) is 17.1 Å². The number of ether oxygens (including phenoxy) is 2. The Labute approximate surface area is 169 Å². The number of aryl methyl sites for hydroxylation is 2. The summed E-state index contributed by atoms with van der Waals surface area (Å²) < 4.78 is 38.8. The van der Waals surface area contributed by atoms with Crippen molar-refractivity contribution in [1.29, 1.82) is 0 Å². The Kier molecular flexibility index (Phi) is 4.23. The van der Waals surface area contributed by atoms with Crippen molar-refractivity contribution in [3.63, 3.8) is 0 Å². The van der Waals surface area contributed by atoms with E-state index >= 15 is 0 Å². The normalized spacial score (nSPS) is 12.8. The second-order valence-electron chi connectivity index (χ2n) is 6.89. The van der Waals surface area contributed by atoms with Gasteiger partial charge in [-0.3, -0.25) is 4.68 Å². The fourth-order valence-corrected chi connectivity index (χ4v) is 3.28. The lowest BCUT2D eigenvalue weighted by Crippen LogP contribution is -2.06. The van der Waals surface area contributed by atoms with Crippen molar-refractivity contribution in [3.05, 3.63) is 42.0 Å². The van der Waals surface area contributed by atoms with Crippen LogP contribution in [0.5, 0.6) is 11.5 Å². The van der Waals surface area contributed by atoms with E-state index in [1.807, 2.05) is 26.0 Å². The molecule has 1 aliphatic rings. The van der Waals surface area contributed by atoms with Gasteiger partial charge < -0.3 is 14.8 Å². The minimum atomic E-state index is -2.49. The van der Waals surface area contributed by atoms with Crippen LogP contribution in [0, 0.1) is 13.8 Å². The number of hydrogen-bond acceptors (Lipinski definition) is 7. The fourth-order valence-electron chi connectivity index (χ4n) is 3.28. The van der Waals surface area contributed by atoms with Crippen LogP contribution in [0.15, 0.2) is 30.7 Å². The third kappa shape index (κ3) is 3.17. The topological polar surface area (TPSA) is 91.9 Å². The van der Waals surface area contributed by atoms with Crippen LogP contribution in [-0.4, -0.2) is 42.7 Å². The van der Waals surface area contributed by atoms with Crippen LogP contribution in [0.2, 0.25) is 0 Å². The molecule has 4 heterocycles. The Morgan fingerprint density at radius 2 is 1.97 bits per heavy atom. The molecule has 0 aliphatic carbocycles. The number of halogens is 2. The smallest absolute Gasteiger partial charge is 0.257 e. The number of aromatic nitrogens is 6. The third-order valence-corrected chi connectivity index (χ3v) is 4.76. The molecule has 0 bridgehead atoms. The quantitative estimate of drug-likeness (QED) is 0.536. The molecule has 0 radical (unpaired) electrons. The van der Waals surface area contributed by atoms with Crippen molar-refractivity contribution in [2.24, 2.45) is 0 Å². The lowest BCUT2D eigenvalue weighted by atomic mass is 10.2. The molecular formula is C19H17F2N7O2. The molecule has 0 amide bonds. The summed E-state index contributed by atoms with van der Waals surface area (Å²) in [7, 11) is 0. The van der Waals surface area contributed by atoms with E-state index in [0.29, 0.717) is 28.8 Å². The molecule has 5 rings (SSSR count). The Balaban J connectivity index is 1.51. The van der Waals surface area contributed by atoms with Gasteiger partial charge in [0.05, 0.1) is 23.5 Å². The molecular weight excluding hydrogens is 396 g/mol. The summed E-state index contributed by atoms with van der Waals surface area (Å²) in [4.78, 5) is 8.98. The zero-order valence-corrected chi connectivity index (χ0v) is 16.1. The molecule has 11 heteroatoms. The summed E-state index contributed by atoms with van der Waals surface area (Å²) in [6.45, 7) is 3.48. The Bertz CT molecular complexity index is 1250. The first-order chi connectivity index (χ1) is 14.5. The Morgan fingerprint density at radius 3 is 2.77 bits per heavy atom. The minimum Gasteiger partial charge on any atom is -0.454 e. The second kappa shape index (κ2) is 6.94. The van der Waals surface area contributed by atoms with Crippen LogP contribution in [0.25, 0.3) is 16.7 Å². The highest BCUT2D eigenvalue weighted by molar-refractivity contribution is 5.80. The van der Waals surface area contributed by atoms with Gasteiger partial charge in [-0.25, -0.2) is 18.4 Å². The first-order valence-corrected chi connectivity index (χ1v) is 9.18. The highest BCUT2D eigenvalue weighted by Gasteiger charge is 2.18. The van der Waals surface area contributed by atoms with Crippen LogP contribution in [0.4, 0.5) is 20.4 Å². The van der Waals surface area contributed by atoms with E-state index < -0.39 is 13.0 Å². The van der Waals surface area contributed by atoms with Gasteiger partial charge in [0, 0.05) is 18.0 Å². The van der Waals surface area contributed by atoms with Crippen molar-refractivity contribution >= 4 is 22.7 Å². The number of nitrogens with one attached hydrogen (secondary N) is 1. The van der Waals surface area contributed by atoms with E-state index in [1.54, 1.807) is 10.9 Å². The summed E-state index contributed by atoms with van der Waals surface area (Å²) in [5, 5.41) is 12.4. The van der Waals surface area contributed by atoms with Crippen molar-refractivity contribution in [1.82, 2.24) is 29.5 Å². The number of fused-ring (bicyclic) bond motifs is 2. The van der Waals surface area contributed by atoms with Gasteiger partial charge in [0.15, 0.2) is 17.1 Å². The number of hydrogen-bond donors (Lipinski definition) is 1. The molecule has 0 atom stereocenters. The SMILES string of the molecule is Cc1cc2c(cc1Nc1ncc3c(C)nn(-c4cnn(CC(F)F)c4)c3n1)OCO2. The van der Waals surface area contributed by atoms with Gasteiger partial charge in [0.25, 0.3) is 6.43 Å². The van der Waals surface area contributed by atoms with Gasteiger partial charge >= 0.3 is 0 Å². The van der Waals surface area contributed by atoms with E-state index in [4.69, 9.17) is 9.47 Å². The molecule has 0 saturated heterocycles. The minimum absolute atomic E-state index is 0.193. The Hall–Kier alpha value is -3.76. The van der Waals surface area contributed by atoms with Gasteiger partial charge in [-0.2, -0.15) is 15.2 Å². The fraction of sp³-hybridized carbons (Fsp3) is 0.263. The predicted molar refractivity (Wildman–Crippen MR) is 104 cm³/mol. The highest BCUT2D eigenvalue weighted by atomic mass is 19.3. The zero-order valence-electron chi connectivity index (χ0n) is 16.1. The molecule has 1 aromatic carbocycles. The first-order valence-electron chi connectivity index (χ1n) is 9.18. The lowest BCUT2D eigenvalue weighted by molar-refractivity contribution is 0.122. The maximum absolute atomic E-state index is 12.6. The number of nitrogens with zero attached hydrogens (tertiary/aromatic N) is 6. The average Bonchev–Trinajstić information content (AvgIpc) is 3.41. The van der Waals surface area contributed by atoms with Crippen LogP contribution >= 0.6 is 0 Å². The zero-order chi connectivity index (χ0) is 20.8. The Morgan fingerprint density at radius 1 is 1.17 bits per heavy atom. The van der Waals surface area contributed by atoms with E-state index in [9.17, 15) is 8.78 Å². The van der Waals surface area contributed by atoms with Gasteiger partial charge in [0.2, 0.25) is 12.7 Å². The standard InChI is InChI=1S/C19H17F2N7O2/c1-10-3-15-16(30-9-29-15)4-14(10)24-19-22-6-13-11(2)26-28(18(13)25-19)12-5-23-27(7-12)8-17(20)21/h3-7,17H,8-9H2,1-2H3,(H,22,24,25). The van der Waals surface area contributed by atoms with Gasteiger partial charge in [-0.15, -0.1) is 0 Å². The molecule has 154 valence electrons. The molecule has 4 aromatic rings. The first kappa shape index (κ1) is 18.3. The molecule has 30 heavy (non-hydrogen) atoms. The molecule has 0 unspecified atom stereocenters. The molecule has 1 aliphatic heterocycles. The maximum atomic E-state index is 12.6. The lowest BCUT2D eigenvalue weighted by Gasteiger charge is -2.09. The maximum Gasteiger partial charge on any atom is 0.257 e. The number of anilines is 2. The predicted octanol–water partition coefficient (Wildman–Crippen LogP) is 3.37. The van der Waals surface area contributed by atoms with E-state index in [-0.39, 0.29) is 6.79 Å². The summed E-state index contributed by atoms with van der Waals surface area (Å²) >= 11 is 0. The summed E-state index contributed by atoms with van der Waals surface area (Å²) in [5.74, 6) is 1.71. The van der Waals surface area contributed by atoms with E-state index in [0.717, 1.165) is 22.3 Å². The second-order valence-corrected chi connectivity index (χ2v) is 6.89. The van der Waals surface area contributed by atoms with Crippen molar-refractivity contribution in [2.75, 3.05) is 12.1 Å². The van der Waals surface area contributed by atoms with Crippen molar-refractivity contribution < 1.29 is 18.3 Å². The summed E-state index contributed by atoms with van der Waals surface area (Å²) in [6, 6.07) is 3.72. The summed E-state index contributed by atoms with van der Waals surface area (Å²) in [5.41, 5.74) is 3.53. The summed E-state index contributed by atoms with van der Waals surface area (Å²) in [6.07, 6.45) is 2.17. The van der Waals surface area contributed by atoms with Gasteiger partial charge in [-0.05, 0) is 25.5 Å². The third-order valence-electron chi connectivity index (χ3n) is 4.76. The van der Waals surface area contributed by atoms with Gasteiger partial charge in [0.1, 0.15) is 12.2 Å². The van der Waals surface area contributed by atoms with Crippen molar-refractivity contribution in [3.8, 4) is 17.2 Å². The van der Waals surface area contributed by atoms with Crippen LogP contribution in [0.1, 0.15) is 11.3 Å². The van der Waals surface area contributed by atoms with E-state index in [2.05, 4.69) is 25.5 Å². The number of alkyl halides is 2. The number of benzene rings is 1.